The number of anilines is 1. The minimum atomic E-state index is -4.91. The number of carbonyl (C=O) groups excluding carboxylic acids is 4. The predicted molar refractivity (Wildman–Crippen MR) is 132 cm³/mol. The van der Waals surface area contributed by atoms with E-state index in [9.17, 15) is 37.1 Å². The molecule has 0 aliphatic carbocycles. The maximum atomic E-state index is 13.7. The van der Waals surface area contributed by atoms with Crippen LogP contribution in [0.5, 0.6) is 0 Å². The van der Waals surface area contributed by atoms with E-state index in [-0.39, 0.29) is 36.0 Å². The van der Waals surface area contributed by atoms with Crippen LogP contribution in [0.15, 0.2) is 39.8 Å². The molecule has 3 N–H and O–H groups in total. The number of amides is 3. The van der Waals surface area contributed by atoms with Crippen molar-refractivity contribution in [3.05, 3.63) is 57.9 Å². The summed E-state index contributed by atoms with van der Waals surface area (Å²) in [5.74, 6) is -2.47. The molecule has 1 saturated heterocycles. The van der Waals surface area contributed by atoms with Gasteiger partial charge in [-0.25, -0.2) is 0 Å². The van der Waals surface area contributed by atoms with Gasteiger partial charge in [0, 0.05) is 30.8 Å². The van der Waals surface area contributed by atoms with Crippen LogP contribution in [-0.4, -0.2) is 45.8 Å². The number of pyridine rings is 1. The van der Waals surface area contributed by atoms with Crippen LogP contribution in [0.3, 0.4) is 0 Å². The number of carbonyl (C=O) groups is 4. The normalized spacial score (nSPS) is 17.1. The molecule has 0 unspecified atom stereocenters. The summed E-state index contributed by atoms with van der Waals surface area (Å²) in [6.45, 7) is 4.76. The Labute approximate surface area is 220 Å². The van der Waals surface area contributed by atoms with Crippen molar-refractivity contribution in [3.8, 4) is 0 Å². The Morgan fingerprint density at radius 3 is 2.54 bits per heavy atom. The van der Waals surface area contributed by atoms with Crippen LogP contribution in [0.25, 0.3) is 0 Å². The fourth-order valence-electron chi connectivity index (χ4n) is 4.14. The van der Waals surface area contributed by atoms with Crippen molar-refractivity contribution >= 4 is 29.2 Å². The average Bonchev–Trinajstić information content (AvgIpc) is 3.47. The Morgan fingerprint density at radius 1 is 1.28 bits per heavy atom. The van der Waals surface area contributed by atoms with E-state index in [1.54, 1.807) is 0 Å². The first-order valence-electron chi connectivity index (χ1n) is 12.1. The second kappa shape index (κ2) is 12.1. The number of alkyl halides is 3. The topological polar surface area (TPSA) is 152 Å². The third-order valence-electron chi connectivity index (χ3n) is 6.10. The number of allylic oxidation sites excluding steroid dienone is 1. The van der Waals surface area contributed by atoms with Crippen LogP contribution >= 0.6 is 0 Å². The van der Waals surface area contributed by atoms with Crippen molar-refractivity contribution < 1.29 is 36.9 Å². The molecule has 210 valence electrons. The number of aromatic nitrogens is 2. The average molecular weight is 552 g/mol. The highest BCUT2D eigenvalue weighted by molar-refractivity contribution is 6.02. The van der Waals surface area contributed by atoms with Crippen molar-refractivity contribution in [1.29, 1.82) is 0 Å². The van der Waals surface area contributed by atoms with Gasteiger partial charge in [-0.1, -0.05) is 18.2 Å². The largest absolute Gasteiger partial charge is 0.417 e. The van der Waals surface area contributed by atoms with Gasteiger partial charge in [-0.3, -0.25) is 24.0 Å². The smallest absolute Gasteiger partial charge is 0.361 e. The highest BCUT2D eigenvalue weighted by Gasteiger charge is 2.35. The van der Waals surface area contributed by atoms with Gasteiger partial charge in [0.25, 0.3) is 11.5 Å². The Kier molecular flexibility index (Phi) is 9.09. The van der Waals surface area contributed by atoms with Crippen molar-refractivity contribution in [3.63, 3.8) is 0 Å². The number of nitrogens with one attached hydrogen (secondary N) is 3. The Balaban J connectivity index is 1.95. The monoisotopic (exact) mass is 551 g/mol. The number of aryl methyl sites for hydroxylation is 1. The molecule has 14 heteroatoms. The highest BCUT2D eigenvalue weighted by Crippen LogP contribution is 2.31. The number of hydrogen-bond donors (Lipinski definition) is 3. The van der Waals surface area contributed by atoms with E-state index in [1.807, 2.05) is 0 Å². The third-order valence-corrected chi connectivity index (χ3v) is 6.10. The van der Waals surface area contributed by atoms with E-state index in [0.717, 1.165) is 0 Å². The molecule has 1 aliphatic heterocycles. The van der Waals surface area contributed by atoms with Crippen LogP contribution < -0.4 is 21.5 Å². The number of rotatable bonds is 10. The van der Waals surface area contributed by atoms with E-state index < -0.39 is 52.8 Å². The van der Waals surface area contributed by atoms with Crippen LogP contribution in [-0.2, 0) is 20.6 Å². The second-order valence-corrected chi connectivity index (χ2v) is 9.15. The van der Waals surface area contributed by atoms with E-state index >= 15 is 0 Å². The Hall–Kier alpha value is -4.23. The lowest BCUT2D eigenvalue weighted by Crippen LogP contribution is -2.43. The summed E-state index contributed by atoms with van der Waals surface area (Å²) in [4.78, 5) is 62.5. The van der Waals surface area contributed by atoms with E-state index in [0.29, 0.717) is 29.8 Å². The minimum Gasteiger partial charge on any atom is -0.361 e. The number of hydrogen-bond acceptors (Lipinski definition) is 7. The molecular formula is C25H28F3N5O6. The van der Waals surface area contributed by atoms with E-state index in [2.05, 4.69) is 21.1 Å². The minimum absolute atomic E-state index is 0.0873. The first-order chi connectivity index (χ1) is 18.3. The number of halogens is 3. The molecule has 0 bridgehead atoms. The molecule has 0 spiro atoms. The zero-order chi connectivity index (χ0) is 28.9. The Morgan fingerprint density at radius 2 is 2.00 bits per heavy atom. The standard InChI is InChI=1S/C25H28F3N5O6/c1-4-20(23(37)30-17(6-5-13(2)34)10-15-7-8-29-21(15)35)33-12-16(25(26,27)28)11-19(24(33)38)31-22(36)18-9-14(3)39-32-18/h5-6,9,11-12,15,17,20H,4,7-8,10H2,1-3H3,(H,29,35)(H,30,37)(H,31,36)/b6-5+/t15-,17+,20-/m0/s1. The second-order valence-electron chi connectivity index (χ2n) is 9.15. The number of nitrogens with zero attached hydrogens (tertiary/aromatic N) is 2. The van der Waals surface area contributed by atoms with Crippen LogP contribution in [0.4, 0.5) is 18.9 Å². The molecule has 1 fully saturated rings. The van der Waals surface area contributed by atoms with Crippen LogP contribution in [0.2, 0.25) is 0 Å². The Bertz CT molecular complexity index is 1350. The zero-order valence-corrected chi connectivity index (χ0v) is 21.4. The van der Waals surface area contributed by atoms with Crippen molar-refractivity contribution in [2.45, 2.75) is 58.3 Å². The maximum Gasteiger partial charge on any atom is 0.417 e. The van der Waals surface area contributed by atoms with Gasteiger partial charge in [-0.2, -0.15) is 13.2 Å². The van der Waals surface area contributed by atoms with Crippen LogP contribution in [0, 0.1) is 12.8 Å². The summed E-state index contributed by atoms with van der Waals surface area (Å²) in [5.41, 5.74) is -3.28. The summed E-state index contributed by atoms with van der Waals surface area (Å²) < 4.78 is 46.6. The molecule has 0 saturated carbocycles. The first-order valence-corrected chi connectivity index (χ1v) is 12.1. The molecule has 1 aliphatic rings. The molecule has 39 heavy (non-hydrogen) atoms. The third kappa shape index (κ3) is 7.42. The summed E-state index contributed by atoms with van der Waals surface area (Å²) >= 11 is 0. The quantitative estimate of drug-likeness (QED) is 0.384. The van der Waals surface area contributed by atoms with Gasteiger partial charge < -0.3 is 25.0 Å². The summed E-state index contributed by atoms with van der Waals surface area (Å²) in [6.07, 6.45) is -1.21. The molecule has 2 aromatic rings. The fraction of sp³-hybridized carbons (Fsp3) is 0.440. The molecule has 3 rings (SSSR count). The first kappa shape index (κ1) is 29.3. The van der Waals surface area contributed by atoms with Gasteiger partial charge in [-0.15, -0.1) is 0 Å². The molecule has 3 heterocycles. The molecule has 11 nitrogen and oxygen atoms in total. The summed E-state index contributed by atoms with van der Waals surface area (Å²) in [5, 5.41) is 10.9. The van der Waals surface area contributed by atoms with Gasteiger partial charge >= 0.3 is 6.18 Å². The summed E-state index contributed by atoms with van der Waals surface area (Å²) in [6, 6.07) is -0.496. The van der Waals surface area contributed by atoms with Crippen molar-refractivity contribution in [1.82, 2.24) is 20.4 Å². The molecule has 3 amide bonds. The van der Waals surface area contributed by atoms with E-state index in [1.165, 1.54) is 39.0 Å². The molecule has 3 atom stereocenters. The molecular weight excluding hydrogens is 523 g/mol. The van der Waals surface area contributed by atoms with E-state index in [4.69, 9.17) is 4.52 Å². The summed E-state index contributed by atoms with van der Waals surface area (Å²) in [7, 11) is 0. The predicted octanol–water partition coefficient (Wildman–Crippen LogP) is 2.52. The van der Waals surface area contributed by atoms with Crippen molar-refractivity contribution in [2.24, 2.45) is 5.92 Å². The zero-order valence-electron chi connectivity index (χ0n) is 21.4. The van der Waals surface area contributed by atoms with Gasteiger partial charge in [0.1, 0.15) is 17.5 Å². The van der Waals surface area contributed by atoms with Crippen LogP contribution in [0.1, 0.15) is 61.0 Å². The van der Waals surface area contributed by atoms with Crippen molar-refractivity contribution in [2.75, 3.05) is 11.9 Å². The number of ketones is 1. The van der Waals surface area contributed by atoms with Gasteiger partial charge in [0.15, 0.2) is 11.5 Å². The van der Waals surface area contributed by atoms with Gasteiger partial charge in [0.05, 0.1) is 5.56 Å². The maximum absolute atomic E-state index is 13.7. The van der Waals surface area contributed by atoms with Gasteiger partial charge in [-0.05, 0) is 45.3 Å². The lowest BCUT2D eigenvalue weighted by molar-refractivity contribution is -0.138. The molecule has 0 aromatic carbocycles. The molecule has 2 aromatic heterocycles. The lowest BCUT2D eigenvalue weighted by Gasteiger charge is -2.24. The molecule has 0 radical (unpaired) electrons. The highest BCUT2D eigenvalue weighted by atomic mass is 19.4. The lowest BCUT2D eigenvalue weighted by atomic mass is 9.97. The van der Waals surface area contributed by atoms with Gasteiger partial charge in [0.2, 0.25) is 11.8 Å². The SMILES string of the molecule is CC[C@@H](C(=O)N[C@H](/C=C/C(C)=O)C[C@@H]1CCNC1=O)n1cc(C(F)(F)F)cc(NC(=O)c2cc(C)on2)c1=O. The fourth-order valence-corrected chi connectivity index (χ4v) is 4.14.